The van der Waals surface area contributed by atoms with E-state index in [9.17, 15) is 13.2 Å². The Morgan fingerprint density at radius 2 is 1.80 bits per heavy atom. The molecule has 25 heavy (non-hydrogen) atoms. The quantitative estimate of drug-likeness (QED) is 0.864. The van der Waals surface area contributed by atoms with Gasteiger partial charge in [-0.05, 0) is 50.0 Å². The van der Waals surface area contributed by atoms with Gasteiger partial charge in [0.1, 0.15) is 0 Å². The van der Waals surface area contributed by atoms with Gasteiger partial charge >= 0.3 is 0 Å². The molecule has 138 valence electrons. The summed E-state index contributed by atoms with van der Waals surface area (Å²) in [6, 6.07) is 5.49. The smallest absolute Gasteiger partial charge is 0.243 e. The summed E-state index contributed by atoms with van der Waals surface area (Å²) in [5, 5.41) is 3.20. The van der Waals surface area contributed by atoms with Crippen LogP contribution in [0.5, 0.6) is 0 Å². The highest BCUT2D eigenvalue weighted by Crippen LogP contribution is 2.24. The number of nitrogens with one attached hydrogen (secondary N) is 1. The molecule has 0 radical (unpaired) electrons. The zero-order chi connectivity index (χ0) is 18.2. The van der Waals surface area contributed by atoms with E-state index in [4.69, 9.17) is 0 Å². The summed E-state index contributed by atoms with van der Waals surface area (Å²) in [5.74, 6) is 0.558. The first kappa shape index (κ1) is 18.4. The Bertz CT molecular complexity index is 751. The molecule has 2 aliphatic heterocycles. The van der Waals surface area contributed by atoms with Crippen molar-refractivity contribution in [2.75, 3.05) is 39.3 Å². The number of carbonyl (C=O) groups is 1. The number of nitrogens with zero attached hydrogens (tertiary/aromatic N) is 2. The predicted molar refractivity (Wildman–Crippen MR) is 96.8 cm³/mol. The van der Waals surface area contributed by atoms with Gasteiger partial charge in [-0.3, -0.25) is 4.79 Å². The number of piperazine rings is 1. The zero-order valence-corrected chi connectivity index (χ0v) is 16.0. The lowest BCUT2D eigenvalue weighted by molar-refractivity contribution is -0.138. The van der Waals surface area contributed by atoms with Crippen molar-refractivity contribution in [2.24, 2.45) is 11.8 Å². The molecule has 2 aliphatic rings. The average molecular weight is 365 g/mol. The SMILES string of the molecule is Cc1ccc(C)c(S(=O)(=O)N2CCN(C(=O)C(C)C3CNC3)CC2)c1. The average Bonchev–Trinajstić information content (AvgIpc) is 2.54. The van der Waals surface area contributed by atoms with E-state index < -0.39 is 10.0 Å². The van der Waals surface area contributed by atoms with Crippen LogP contribution in [0.4, 0.5) is 0 Å². The van der Waals surface area contributed by atoms with E-state index in [1.807, 2.05) is 37.8 Å². The van der Waals surface area contributed by atoms with E-state index >= 15 is 0 Å². The van der Waals surface area contributed by atoms with Crippen LogP contribution in [0.15, 0.2) is 23.1 Å². The highest BCUT2D eigenvalue weighted by atomic mass is 32.2. The number of carbonyl (C=O) groups excluding carboxylic acids is 1. The summed E-state index contributed by atoms with van der Waals surface area (Å²) in [5.41, 5.74) is 1.69. The molecule has 0 spiro atoms. The van der Waals surface area contributed by atoms with Crippen molar-refractivity contribution in [1.29, 1.82) is 0 Å². The van der Waals surface area contributed by atoms with Crippen LogP contribution in [0.1, 0.15) is 18.1 Å². The fraction of sp³-hybridized carbons (Fsp3) is 0.611. The normalized spacial score (nSPS) is 21.0. The second-order valence-electron chi connectivity index (χ2n) is 7.21. The Labute approximate surface area is 150 Å². The summed E-state index contributed by atoms with van der Waals surface area (Å²) in [6.07, 6.45) is 0. The number of aryl methyl sites for hydroxylation is 2. The highest BCUT2D eigenvalue weighted by Gasteiger charge is 2.35. The second kappa shape index (κ2) is 7.05. The maximum absolute atomic E-state index is 12.9. The third-order valence-electron chi connectivity index (χ3n) is 5.42. The fourth-order valence-corrected chi connectivity index (χ4v) is 5.16. The third-order valence-corrected chi connectivity index (χ3v) is 7.46. The molecule has 2 saturated heterocycles. The van der Waals surface area contributed by atoms with Crippen LogP contribution in [0, 0.1) is 25.7 Å². The number of sulfonamides is 1. The van der Waals surface area contributed by atoms with E-state index in [1.165, 1.54) is 4.31 Å². The van der Waals surface area contributed by atoms with Crippen molar-refractivity contribution < 1.29 is 13.2 Å². The fourth-order valence-electron chi connectivity index (χ4n) is 3.43. The Balaban J connectivity index is 1.67. The molecule has 1 N–H and O–H groups in total. The second-order valence-corrected chi connectivity index (χ2v) is 9.11. The van der Waals surface area contributed by atoms with Gasteiger partial charge in [-0.25, -0.2) is 8.42 Å². The van der Waals surface area contributed by atoms with Crippen molar-refractivity contribution in [2.45, 2.75) is 25.7 Å². The van der Waals surface area contributed by atoms with Crippen LogP contribution in [0.3, 0.4) is 0 Å². The van der Waals surface area contributed by atoms with Gasteiger partial charge in [0.15, 0.2) is 0 Å². The standard InChI is InChI=1S/C18H27N3O3S/c1-13-4-5-14(2)17(10-13)25(23,24)21-8-6-20(7-9-21)18(22)15(3)16-11-19-12-16/h4-5,10,15-16,19H,6-9,11-12H2,1-3H3. The first-order valence-corrected chi connectivity index (χ1v) is 10.3. The predicted octanol–water partition coefficient (Wildman–Crippen LogP) is 0.992. The molecular weight excluding hydrogens is 338 g/mol. The molecule has 2 heterocycles. The first-order valence-electron chi connectivity index (χ1n) is 8.87. The van der Waals surface area contributed by atoms with Crippen LogP contribution in [0.25, 0.3) is 0 Å². The van der Waals surface area contributed by atoms with Crippen LogP contribution < -0.4 is 5.32 Å². The summed E-state index contributed by atoms with van der Waals surface area (Å²) >= 11 is 0. The molecule has 0 bridgehead atoms. The van der Waals surface area contributed by atoms with E-state index in [-0.39, 0.29) is 11.8 Å². The molecule has 3 rings (SSSR count). The van der Waals surface area contributed by atoms with Crippen molar-refractivity contribution >= 4 is 15.9 Å². The van der Waals surface area contributed by atoms with Crippen LogP contribution in [0.2, 0.25) is 0 Å². The van der Waals surface area contributed by atoms with Gasteiger partial charge < -0.3 is 10.2 Å². The molecule has 1 atom stereocenters. The summed E-state index contributed by atoms with van der Waals surface area (Å²) < 4.78 is 27.4. The lowest BCUT2D eigenvalue weighted by Gasteiger charge is -2.38. The van der Waals surface area contributed by atoms with Crippen molar-refractivity contribution in [3.05, 3.63) is 29.3 Å². The highest BCUT2D eigenvalue weighted by molar-refractivity contribution is 7.89. The Morgan fingerprint density at radius 3 is 2.36 bits per heavy atom. The lowest BCUT2D eigenvalue weighted by Crippen LogP contribution is -2.55. The van der Waals surface area contributed by atoms with Crippen molar-refractivity contribution in [3.63, 3.8) is 0 Å². The molecule has 1 amide bonds. The van der Waals surface area contributed by atoms with Gasteiger partial charge in [-0.2, -0.15) is 4.31 Å². The van der Waals surface area contributed by atoms with E-state index in [2.05, 4.69) is 5.32 Å². The molecule has 0 aromatic heterocycles. The van der Waals surface area contributed by atoms with Crippen molar-refractivity contribution in [3.8, 4) is 0 Å². The summed E-state index contributed by atoms with van der Waals surface area (Å²) in [7, 11) is -3.51. The number of hydrogen-bond donors (Lipinski definition) is 1. The van der Waals surface area contributed by atoms with Gasteiger partial charge in [0.05, 0.1) is 4.90 Å². The van der Waals surface area contributed by atoms with Gasteiger partial charge in [0.2, 0.25) is 15.9 Å². The van der Waals surface area contributed by atoms with E-state index in [0.29, 0.717) is 37.0 Å². The van der Waals surface area contributed by atoms with Gasteiger partial charge in [0, 0.05) is 32.1 Å². The first-order chi connectivity index (χ1) is 11.8. The minimum Gasteiger partial charge on any atom is -0.340 e. The summed E-state index contributed by atoms with van der Waals surface area (Å²) in [4.78, 5) is 14.8. The molecular formula is C18H27N3O3S. The molecule has 0 aliphatic carbocycles. The topological polar surface area (TPSA) is 69.7 Å². The van der Waals surface area contributed by atoms with Crippen molar-refractivity contribution in [1.82, 2.24) is 14.5 Å². The largest absolute Gasteiger partial charge is 0.340 e. The van der Waals surface area contributed by atoms with E-state index in [0.717, 1.165) is 24.2 Å². The maximum atomic E-state index is 12.9. The van der Waals surface area contributed by atoms with Crippen LogP contribution in [-0.4, -0.2) is 62.8 Å². The minimum atomic E-state index is -3.51. The molecule has 6 nitrogen and oxygen atoms in total. The van der Waals surface area contributed by atoms with Gasteiger partial charge in [0.25, 0.3) is 0 Å². The van der Waals surface area contributed by atoms with E-state index in [1.54, 1.807) is 6.07 Å². The number of hydrogen-bond acceptors (Lipinski definition) is 4. The molecule has 1 unspecified atom stereocenters. The monoisotopic (exact) mass is 365 g/mol. The Morgan fingerprint density at radius 1 is 1.16 bits per heavy atom. The number of benzene rings is 1. The molecule has 1 aromatic rings. The van der Waals surface area contributed by atoms with Gasteiger partial charge in [-0.1, -0.05) is 19.1 Å². The maximum Gasteiger partial charge on any atom is 0.243 e. The molecule has 2 fully saturated rings. The Hall–Kier alpha value is -1.44. The molecule has 1 aromatic carbocycles. The summed E-state index contributed by atoms with van der Waals surface area (Å²) in [6.45, 7) is 9.13. The van der Waals surface area contributed by atoms with Gasteiger partial charge in [-0.15, -0.1) is 0 Å². The van der Waals surface area contributed by atoms with Crippen LogP contribution >= 0.6 is 0 Å². The molecule has 0 saturated carbocycles. The Kier molecular flexibility index (Phi) is 5.18. The lowest BCUT2D eigenvalue weighted by atomic mass is 9.88. The molecule has 7 heteroatoms. The third kappa shape index (κ3) is 3.59. The minimum absolute atomic E-state index is 0.00317. The number of rotatable bonds is 4. The zero-order valence-electron chi connectivity index (χ0n) is 15.2. The van der Waals surface area contributed by atoms with Crippen LogP contribution in [-0.2, 0) is 14.8 Å². The number of amides is 1.